The first kappa shape index (κ1) is 16.2. The maximum Gasteiger partial charge on any atom is 0.335 e. The van der Waals surface area contributed by atoms with E-state index in [2.05, 4.69) is 5.32 Å². The Hall–Kier alpha value is -2.66. The summed E-state index contributed by atoms with van der Waals surface area (Å²) in [6, 6.07) is 15.2. The van der Waals surface area contributed by atoms with Crippen LogP contribution >= 0.6 is 0 Å². The predicted octanol–water partition coefficient (Wildman–Crippen LogP) is 2.63. The van der Waals surface area contributed by atoms with Gasteiger partial charge in [-0.25, -0.2) is 4.79 Å². The van der Waals surface area contributed by atoms with E-state index in [-0.39, 0.29) is 16.9 Å². The van der Waals surface area contributed by atoms with Crippen molar-refractivity contribution in [2.24, 2.45) is 5.41 Å². The maximum atomic E-state index is 12.2. The number of aliphatic hydroxyl groups is 1. The molecule has 0 radical (unpaired) electrons. The Bertz CT molecular complexity index is 736. The number of carbonyl (C=O) groups excluding carboxylic acids is 1. The van der Waals surface area contributed by atoms with Crippen LogP contribution in [0.2, 0.25) is 0 Å². The highest BCUT2D eigenvalue weighted by Crippen LogP contribution is 2.54. The number of carbonyl (C=O) groups is 2. The number of aromatic carboxylic acids is 1. The second kappa shape index (κ2) is 6.45. The van der Waals surface area contributed by atoms with Gasteiger partial charge < -0.3 is 15.5 Å². The molecule has 24 heavy (non-hydrogen) atoms. The van der Waals surface area contributed by atoms with E-state index in [0.717, 1.165) is 18.4 Å². The zero-order chi connectivity index (χ0) is 17.2. The van der Waals surface area contributed by atoms with E-state index in [1.54, 1.807) is 0 Å². The van der Waals surface area contributed by atoms with Gasteiger partial charge in [0.1, 0.15) is 0 Å². The van der Waals surface area contributed by atoms with Crippen LogP contribution < -0.4 is 5.32 Å². The van der Waals surface area contributed by atoms with E-state index in [0.29, 0.717) is 12.1 Å². The van der Waals surface area contributed by atoms with Gasteiger partial charge in [-0.05, 0) is 42.7 Å². The largest absolute Gasteiger partial charge is 0.478 e. The van der Waals surface area contributed by atoms with Crippen molar-refractivity contribution < 1.29 is 19.8 Å². The Labute approximate surface area is 139 Å². The number of rotatable bonds is 6. The highest BCUT2D eigenvalue weighted by atomic mass is 16.4. The third-order valence-electron chi connectivity index (χ3n) is 4.58. The fourth-order valence-corrected chi connectivity index (χ4v) is 2.82. The molecule has 2 aromatic rings. The maximum absolute atomic E-state index is 12.2. The number of amides is 1. The molecule has 1 aliphatic carbocycles. The van der Waals surface area contributed by atoms with Crippen molar-refractivity contribution in [2.45, 2.75) is 18.9 Å². The summed E-state index contributed by atoms with van der Waals surface area (Å²) < 4.78 is 0. The Balaban J connectivity index is 1.62. The molecule has 5 nitrogen and oxygen atoms in total. The molecule has 124 valence electrons. The van der Waals surface area contributed by atoms with Gasteiger partial charge in [0.15, 0.2) is 0 Å². The smallest absolute Gasteiger partial charge is 0.335 e. The molecule has 0 heterocycles. The summed E-state index contributed by atoms with van der Waals surface area (Å²) >= 11 is 0. The van der Waals surface area contributed by atoms with E-state index in [9.17, 15) is 14.7 Å². The summed E-state index contributed by atoms with van der Waals surface area (Å²) in [5.41, 5.74) is 1.10. The summed E-state index contributed by atoms with van der Waals surface area (Å²) in [5.74, 6) is -1.29. The van der Waals surface area contributed by atoms with Gasteiger partial charge in [-0.15, -0.1) is 0 Å². The quantitative estimate of drug-likeness (QED) is 0.762. The molecule has 1 saturated carbocycles. The summed E-state index contributed by atoms with van der Waals surface area (Å²) in [5, 5.41) is 22.3. The molecule has 2 aromatic carbocycles. The minimum Gasteiger partial charge on any atom is -0.478 e. The monoisotopic (exact) mass is 325 g/mol. The van der Waals surface area contributed by atoms with Crippen LogP contribution in [0, 0.1) is 5.41 Å². The molecule has 0 aromatic heterocycles. The summed E-state index contributed by atoms with van der Waals surface area (Å²) in [6.45, 7) is 0.391. The van der Waals surface area contributed by atoms with E-state index in [1.807, 2.05) is 30.3 Å². The van der Waals surface area contributed by atoms with Gasteiger partial charge in [-0.2, -0.15) is 0 Å². The Morgan fingerprint density at radius 1 is 1.00 bits per heavy atom. The molecular formula is C19H19NO4. The average Bonchev–Trinajstić information content (AvgIpc) is 3.41. The summed E-state index contributed by atoms with van der Waals surface area (Å²) in [6.07, 6.45) is 1.12. The number of aliphatic hydroxyl groups excluding tert-OH is 1. The number of nitrogens with one attached hydrogen (secondary N) is 1. The van der Waals surface area contributed by atoms with Crippen molar-refractivity contribution >= 4 is 11.9 Å². The molecule has 0 aliphatic heterocycles. The van der Waals surface area contributed by atoms with Gasteiger partial charge >= 0.3 is 5.97 Å². The van der Waals surface area contributed by atoms with Crippen LogP contribution in [0.25, 0.3) is 0 Å². The van der Waals surface area contributed by atoms with E-state index < -0.39 is 12.1 Å². The molecule has 1 atom stereocenters. The van der Waals surface area contributed by atoms with Crippen LogP contribution in [0.3, 0.4) is 0 Å². The SMILES string of the molecule is O=C(O)c1ccc(C(=O)NCC2(C(O)c3ccccc3)CC2)cc1. The minimum atomic E-state index is -1.02. The molecule has 1 unspecified atom stereocenters. The van der Waals surface area contributed by atoms with Gasteiger partial charge in [-0.1, -0.05) is 30.3 Å². The highest BCUT2D eigenvalue weighted by molar-refractivity contribution is 5.95. The lowest BCUT2D eigenvalue weighted by Crippen LogP contribution is -2.33. The molecule has 1 fully saturated rings. The van der Waals surface area contributed by atoms with Crippen molar-refractivity contribution in [3.05, 3.63) is 71.3 Å². The second-order valence-corrected chi connectivity index (χ2v) is 6.24. The van der Waals surface area contributed by atoms with Crippen molar-refractivity contribution in [1.82, 2.24) is 5.32 Å². The van der Waals surface area contributed by atoms with E-state index in [4.69, 9.17) is 5.11 Å². The lowest BCUT2D eigenvalue weighted by atomic mass is 9.92. The van der Waals surface area contributed by atoms with Crippen molar-refractivity contribution in [3.8, 4) is 0 Å². The fraction of sp³-hybridized carbons (Fsp3) is 0.263. The molecule has 0 spiro atoms. The summed E-state index contributed by atoms with van der Waals surface area (Å²) in [7, 11) is 0. The van der Waals surface area contributed by atoms with Crippen molar-refractivity contribution in [1.29, 1.82) is 0 Å². The summed E-state index contributed by atoms with van der Waals surface area (Å²) in [4.78, 5) is 23.0. The van der Waals surface area contributed by atoms with Gasteiger partial charge in [0.05, 0.1) is 11.7 Å². The first-order chi connectivity index (χ1) is 11.5. The number of carboxylic acid groups (broad SMARTS) is 1. The van der Waals surface area contributed by atoms with Crippen LogP contribution in [-0.4, -0.2) is 28.6 Å². The topological polar surface area (TPSA) is 86.6 Å². The molecule has 5 heteroatoms. The normalized spacial score (nSPS) is 16.2. The number of hydrogen-bond donors (Lipinski definition) is 3. The minimum absolute atomic E-state index is 0.143. The van der Waals surface area contributed by atoms with Gasteiger partial charge in [0.25, 0.3) is 5.91 Å². The first-order valence-corrected chi connectivity index (χ1v) is 7.86. The van der Waals surface area contributed by atoms with Crippen LogP contribution in [0.4, 0.5) is 0 Å². The van der Waals surface area contributed by atoms with Crippen molar-refractivity contribution in [2.75, 3.05) is 6.54 Å². The highest BCUT2D eigenvalue weighted by Gasteiger charge is 2.49. The Morgan fingerprint density at radius 3 is 2.12 bits per heavy atom. The Kier molecular flexibility index (Phi) is 4.36. The van der Waals surface area contributed by atoms with Gasteiger partial charge in [0, 0.05) is 17.5 Å². The molecule has 3 N–H and O–H groups in total. The van der Waals surface area contributed by atoms with Crippen LogP contribution in [-0.2, 0) is 0 Å². The second-order valence-electron chi connectivity index (χ2n) is 6.24. The fourth-order valence-electron chi connectivity index (χ4n) is 2.82. The molecule has 0 bridgehead atoms. The number of hydrogen-bond acceptors (Lipinski definition) is 3. The first-order valence-electron chi connectivity index (χ1n) is 7.86. The van der Waals surface area contributed by atoms with Crippen LogP contribution in [0.1, 0.15) is 45.2 Å². The van der Waals surface area contributed by atoms with Gasteiger partial charge in [0.2, 0.25) is 0 Å². The zero-order valence-electron chi connectivity index (χ0n) is 13.1. The third kappa shape index (κ3) is 3.31. The lowest BCUT2D eigenvalue weighted by molar-refractivity contribution is 0.0695. The number of carboxylic acids is 1. The van der Waals surface area contributed by atoms with Crippen molar-refractivity contribution in [3.63, 3.8) is 0 Å². The Morgan fingerprint density at radius 2 is 1.58 bits per heavy atom. The number of benzene rings is 2. The van der Waals surface area contributed by atoms with Crippen LogP contribution in [0.15, 0.2) is 54.6 Å². The van der Waals surface area contributed by atoms with Gasteiger partial charge in [-0.3, -0.25) is 4.79 Å². The molecule has 1 aliphatic rings. The molecular weight excluding hydrogens is 306 g/mol. The molecule has 1 amide bonds. The van der Waals surface area contributed by atoms with E-state index in [1.165, 1.54) is 24.3 Å². The van der Waals surface area contributed by atoms with E-state index >= 15 is 0 Å². The molecule has 3 rings (SSSR count). The van der Waals surface area contributed by atoms with Crippen LogP contribution in [0.5, 0.6) is 0 Å². The molecule has 0 saturated heterocycles. The predicted molar refractivity (Wildman–Crippen MR) is 88.8 cm³/mol. The lowest BCUT2D eigenvalue weighted by Gasteiger charge is -2.23. The zero-order valence-corrected chi connectivity index (χ0v) is 13.1. The third-order valence-corrected chi connectivity index (χ3v) is 4.58. The average molecular weight is 325 g/mol. The standard InChI is InChI=1S/C19H19NO4/c21-16(13-4-2-1-3-5-13)19(10-11-19)12-20-17(22)14-6-8-15(9-7-14)18(23)24/h1-9,16,21H,10-12H2,(H,20,22)(H,23,24).